The first kappa shape index (κ1) is 26.6. The van der Waals surface area contributed by atoms with E-state index in [-0.39, 0.29) is 16.5 Å². The molecule has 186 valence electrons. The molecule has 0 saturated carbocycles. The molecule has 0 spiro atoms. The first-order chi connectivity index (χ1) is 16.7. The van der Waals surface area contributed by atoms with E-state index >= 15 is 0 Å². The van der Waals surface area contributed by atoms with Crippen molar-refractivity contribution >= 4 is 33.2 Å². The van der Waals surface area contributed by atoms with Crippen LogP contribution in [0.5, 0.6) is 5.75 Å². The van der Waals surface area contributed by atoms with Gasteiger partial charge in [-0.05, 0) is 55.2 Å². The minimum Gasteiger partial charge on any atom is -0.495 e. The smallest absolute Gasteiger partial charge is 0.264 e. The Hall–Kier alpha value is -3.03. The molecular weight excluding hydrogens is 484 g/mol. The Balaban J connectivity index is 1.85. The molecule has 3 rings (SSSR count). The third-order valence-corrected chi connectivity index (χ3v) is 7.85. The van der Waals surface area contributed by atoms with Gasteiger partial charge in [0, 0.05) is 11.6 Å². The molecule has 3 aromatic carbocycles. The summed E-state index contributed by atoms with van der Waals surface area (Å²) in [5.74, 6) is 0.117. The normalized spacial score (nSPS) is 12.1. The molecule has 6 nitrogen and oxygen atoms in total. The lowest BCUT2D eigenvalue weighted by molar-refractivity contribution is -0.119. The van der Waals surface area contributed by atoms with E-state index in [1.54, 1.807) is 24.3 Å². The Morgan fingerprint density at radius 2 is 1.74 bits per heavy atom. The van der Waals surface area contributed by atoms with Gasteiger partial charge < -0.3 is 10.1 Å². The second-order valence-corrected chi connectivity index (χ2v) is 10.7. The maximum Gasteiger partial charge on any atom is 0.264 e. The van der Waals surface area contributed by atoms with Crippen molar-refractivity contribution in [2.75, 3.05) is 24.5 Å². The van der Waals surface area contributed by atoms with Crippen LogP contribution in [-0.2, 0) is 21.2 Å². The minimum absolute atomic E-state index is 0.0773. The van der Waals surface area contributed by atoms with Crippen molar-refractivity contribution in [1.82, 2.24) is 5.32 Å². The summed E-state index contributed by atoms with van der Waals surface area (Å²) in [5.41, 5.74) is 2.32. The quantitative estimate of drug-likeness (QED) is 0.380. The second kappa shape index (κ2) is 12.1. The number of carbonyl (C=O) groups is 1. The Morgan fingerprint density at radius 3 is 2.37 bits per heavy atom. The molecule has 35 heavy (non-hydrogen) atoms. The lowest BCUT2D eigenvalue weighted by atomic mass is 9.97. The fourth-order valence-electron chi connectivity index (χ4n) is 3.75. The summed E-state index contributed by atoms with van der Waals surface area (Å²) >= 11 is 6.19. The molecule has 0 aliphatic rings. The number of nitrogens with zero attached hydrogens (tertiary/aromatic N) is 1. The zero-order valence-corrected chi connectivity index (χ0v) is 21.8. The van der Waals surface area contributed by atoms with Gasteiger partial charge in [0.2, 0.25) is 5.91 Å². The number of ether oxygens (including phenoxy) is 1. The number of sulfonamides is 1. The number of halogens is 1. The van der Waals surface area contributed by atoms with E-state index in [1.807, 2.05) is 25.1 Å². The molecule has 0 saturated heterocycles. The van der Waals surface area contributed by atoms with Crippen LogP contribution in [0.15, 0.2) is 77.7 Å². The summed E-state index contributed by atoms with van der Waals surface area (Å²) in [4.78, 5) is 13.1. The Labute approximate surface area is 212 Å². The zero-order chi connectivity index (χ0) is 25.4. The summed E-state index contributed by atoms with van der Waals surface area (Å²) in [6.07, 6.45) is 1.70. The maximum atomic E-state index is 13.6. The summed E-state index contributed by atoms with van der Waals surface area (Å²) in [5, 5.41) is 3.25. The van der Waals surface area contributed by atoms with Crippen molar-refractivity contribution in [3.8, 4) is 5.75 Å². The van der Waals surface area contributed by atoms with Gasteiger partial charge in [0.05, 0.1) is 17.7 Å². The van der Waals surface area contributed by atoms with Crippen LogP contribution in [-0.4, -0.2) is 34.5 Å². The molecule has 3 aromatic rings. The Bertz CT molecular complexity index is 1230. The number of carbonyl (C=O) groups excluding carboxylic acids is 1. The summed E-state index contributed by atoms with van der Waals surface area (Å²) < 4.78 is 33.7. The number of hydrogen-bond acceptors (Lipinski definition) is 4. The molecule has 0 aliphatic heterocycles. The van der Waals surface area contributed by atoms with Gasteiger partial charge in [0.25, 0.3) is 10.0 Å². The predicted molar refractivity (Wildman–Crippen MR) is 141 cm³/mol. The van der Waals surface area contributed by atoms with Gasteiger partial charge in [-0.2, -0.15) is 0 Å². The molecule has 0 heterocycles. The highest BCUT2D eigenvalue weighted by Crippen LogP contribution is 2.34. The predicted octanol–water partition coefficient (Wildman–Crippen LogP) is 5.24. The first-order valence-corrected chi connectivity index (χ1v) is 13.3. The number of aryl methyl sites for hydroxylation is 1. The fraction of sp³-hybridized carbons (Fsp3) is 0.296. The van der Waals surface area contributed by atoms with Crippen LogP contribution in [0.3, 0.4) is 0 Å². The molecule has 0 aromatic heterocycles. The average Bonchev–Trinajstić information content (AvgIpc) is 2.85. The van der Waals surface area contributed by atoms with E-state index < -0.39 is 22.5 Å². The van der Waals surface area contributed by atoms with Crippen LogP contribution in [0.2, 0.25) is 5.02 Å². The van der Waals surface area contributed by atoms with E-state index in [2.05, 4.69) is 24.4 Å². The van der Waals surface area contributed by atoms with Crippen LogP contribution in [0, 0.1) is 12.8 Å². The fourth-order valence-corrected chi connectivity index (χ4v) is 5.34. The topological polar surface area (TPSA) is 75.7 Å². The zero-order valence-electron chi connectivity index (χ0n) is 20.2. The number of nitrogens with one attached hydrogen (secondary N) is 1. The molecule has 8 heteroatoms. The molecular formula is C27H31ClN2O4S. The standard InChI is InChI=1S/C27H31ClN2O4S/c1-4-21(16-22-8-6-5-7-9-22)18-29-27(31)19-30(25-17-23(28)12-15-26(25)34-3)35(32,33)24-13-10-20(2)11-14-24/h5-15,17,21H,4,16,18-19H2,1-3H3,(H,29,31). The molecule has 0 aliphatic carbocycles. The number of rotatable bonds is 11. The van der Waals surface area contributed by atoms with E-state index in [0.29, 0.717) is 17.3 Å². The highest BCUT2D eigenvalue weighted by molar-refractivity contribution is 7.92. The van der Waals surface area contributed by atoms with E-state index in [1.165, 1.54) is 30.9 Å². The summed E-state index contributed by atoms with van der Waals surface area (Å²) in [6.45, 7) is 3.98. The molecule has 1 N–H and O–H groups in total. The molecule has 0 fully saturated rings. The van der Waals surface area contributed by atoms with E-state index in [0.717, 1.165) is 22.7 Å². The van der Waals surface area contributed by atoms with Crippen LogP contribution in [0.4, 0.5) is 5.69 Å². The average molecular weight is 515 g/mol. The van der Waals surface area contributed by atoms with Crippen LogP contribution in [0.1, 0.15) is 24.5 Å². The van der Waals surface area contributed by atoms with Gasteiger partial charge in [-0.25, -0.2) is 8.42 Å². The lowest BCUT2D eigenvalue weighted by Gasteiger charge is -2.26. The Kier molecular flexibility index (Phi) is 9.18. The molecule has 0 radical (unpaired) electrons. The number of anilines is 1. The van der Waals surface area contributed by atoms with Crippen molar-refractivity contribution < 1.29 is 17.9 Å². The van der Waals surface area contributed by atoms with Gasteiger partial charge in [-0.1, -0.05) is 73.0 Å². The van der Waals surface area contributed by atoms with Gasteiger partial charge >= 0.3 is 0 Å². The van der Waals surface area contributed by atoms with Crippen molar-refractivity contribution in [2.24, 2.45) is 5.92 Å². The van der Waals surface area contributed by atoms with Gasteiger partial charge in [0.1, 0.15) is 12.3 Å². The molecule has 0 bridgehead atoms. The van der Waals surface area contributed by atoms with Gasteiger partial charge in [-0.3, -0.25) is 9.10 Å². The monoisotopic (exact) mass is 514 g/mol. The first-order valence-electron chi connectivity index (χ1n) is 11.5. The van der Waals surface area contributed by atoms with Crippen molar-refractivity contribution in [3.63, 3.8) is 0 Å². The number of benzene rings is 3. The third kappa shape index (κ3) is 6.99. The van der Waals surface area contributed by atoms with Gasteiger partial charge in [-0.15, -0.1) is 0 Å². The van der Waals surface area contributed by atoms with Crippen molar-refractivity contribution in [3.05, 3.63) is 88.9 Å². The Morgan fingerprint density at radius 1 is 1.06 bits per heavy atom. The second-order valence-electron chi connectivity index (χ2n) is 8.41. The number of amides is 1. The van der Waals surface area contributed by atoms with Crippen LogP contribution in [0.25, 0.3) is 0 Å². The van der Waals surface area contributed by atoms with E-state index in [9.17, 15) is 13.2 Å². The van der Waals surface area contributed by atoms with Crippen molar-refractivity contribution in [2.45, 2.75) is 31.6 Å². The molecule has 1 atom stereocenters. The van der Waals surface area contributed by atoms with Crippen LogP contribution < -0.4 is 14.4 Å². The van der Waals surface area contributed by atoms with E-state index in [4.69, 9.17) is 16.3 Å². The maximum absolute atomic E-state index is 13.6. The highest BCUT2D eigenvalue weighted by Gasteiger charge is 2.30. The summed E-state index contributed by atoms with van der Waals surface area (Å²) in [6, 6.07) is 21.3. The largest absolute Gasteiger partial charge is 0.495 e. The van der Waals surface area contributed by atoms with Crippen molar-refractivity contribution in [1.29, 1.82) is 0 Å². The van der Waals surface area contributed by atoms with Gasteiger partial charge in [0.15, 0.2) is 0 Å². The molecule has 1 unspecified atom stereocenters. The highest BCUT2D eigenvalue weighted by atomic mass is 35.5. The summed E-state index contributed by atoms with van der Waals surface area (Å²) in [7, 11) is -2.63. The third-order valence-electron chi connectivity index (χ3n) is 5.84. The number of methoxy groups -OCH3 is 1. The molecule has 1 amide bonds. The SMILES string of the molecule is CCC(CNC(=O)CN(c1cc(Cl)ccc1OC)S(=O)(=O)c1ccc(C)cc1)Cc1ccccc1. The van der Waals surface area contributed by atoms with Crippen LogP contribution >= 0.6 is 11.6 Å². The minimum atomic E-state index is -4.07. The number of hydrogen-bond donors (Lipinski definition) is 1. The lowest BCUT2D eigenvalue weighted by Crippen LogP contribution is -2.42.